The molecule has 0 radical (unpaired) electrons. The van der Waals surface area contributed by atoms with Crippen molar-refractivity contribution in [3.05, 3.63) is 16.1 Å². The Hall–Kier alpha value is -1.43. The van der Waals surface area contributed by atoms with Crippen molar-refractivity contribution in [3.63, 3.8) is 0 Å². The van der Waals surface area contributed by atoms with E-state index in [1.54, 1.807) is 23.2 Å². The van der Waals surface area contributed by atoms with E-state index in [9.17, 15) is 9.59 Å². The van der Waals surface area contributed by atoms with Crippen LogP contribution in [0.3, 0.4) is 0 Å². The standard InChI is InChI=1S/C12H17N3O2S/c1-7-6-18-11(13-7)5-15-8(2)4-10(16)14-9(3)12(15)17/h6,8-9H,4-5H2,1-3H3,(H,14,16). The van der Waals surface area contributed by atoms with Gasteiger partial charge in [-0.25, -0.2) is 4.98 Å². The highest BCUT2D eigenvalue weighted by Crippen LogP contribution is 2.17. The zero-order valence-corrected chi connectivity index (χ0v) is 11.6. The fraction of sp³-hybridized carbons (Fsp3) is 0.583. The summed E-state index contributed by atoms with van der Waals surface area (Å²) in [6.07, 6.45) is 0.348. The first-order chi connectivity index (χ1) is 8.47. The van der Waals surface area contributed by atoms with Crippen molar-refractivity contribution in [1.82, 2.24) is 15.2 Å². The Balaban J connectivity index is 2.18. The molecule has 2 atom stereocenters. The van der Waals surface area contributed by atoms with Crippen LogP contribution in [-0.4, -0.2) is 33.8 Å². The molecule has 18 heavy (non-hydrogen) atoms. The van der Waals surface area contributed by atoms with Gasteiger partial charge in [-0.15, -0.1) is 11.3 Å². The third kappa shape index (κ3) is 2.69. The number of hydrogen-bond donors (Lipinski definition) is 1. The summed E-state index contributed by atoms with van der Waals surface area (Å²) in [5.41, 5.74) is 0.965. The maximum absolute atomic E-state index is 12.2. The predicted molar refractivity (Wildman–Crippen MR) is 69.1 cm³/mol. The molecule has 1 saturated heterocycles. The van der Waals surface area contributed by atoms with Crippen LogP contribution in [0.15, 0.2) is 5.38 Å². The molecule has 0 aliphatic carbocycles. The highest BCUT2D eigenvalue weighted by Gasteiger charge is 2.31. The molecule has 6 heteroatoms. The van der Waals surface area contributed by atoms with E-state index < -0.39 is 6.04 Å². The molecule has 2 amide bonds. The zero-order chi connectivity index (χ0) is 13.3. The van der Waals surface area contributed by atoms with Crippen LogP contribution in [0.2, 0.25) is 0 Å². The molecule has 0 saturated carbocycles. The lowest BCUT2D eigenvalue weighted by Gasteiger charge is -2.26. The fourth-order valence-corrected chi connectivity index (χ4v) is 2.83. The molecule has 1 aliphatic rings. The number of aromatic nitrogens is 1. The highest BCUT2D eigenvalue weighted by atomic mass is 32.1. The Bertz CT molecular complexity index is 472. The van der Waals surface area contributed by atoms with E-state index in [-0.39, 0.29) is 17.9 Å². The lowest BCUT2D eigenvalue weighted by Crippen LogP contribution is -2.44. The monoisotopic (exact) mass is 267 g/mol. The molecular formula is C12H17N3O2S. The van der Waals surface area contributed by atoms with E-state index in [0.717, 1.165) is 10.7 Å². The lowest BCUT2D eigenvalue weighted by molar-refractivity contribution is -0.135. The molecule has 1 N–H and O–H groups in total. The Kier molecular flexibility index (Phi) is 3.65. The van der Waals surface area contributed by atoms with Gasteiger partial charge in [-0.05, 0) is 20.8 Å². The second-order valence-corrected chi connectivity index (χ2v) is 5.63. The van der Waals surface area contributed by atoms with Crippen molar-refractivity contribution in [2.24, 2.45) is 0 Å². The molecule has 2 rings (SSSR count). The number of hydrogen-bond acceptors (Lipinski definition) is 4. The second kappa shape index (κ2) is 5.06. The van der Waals surface area contributed by atoms with Crippen molar-refractivity contribution >= 4 is 23.2 Å². The topological polar surface area (TPSA) is 62.3 Å². The van der Waals surface area contributed by atoms with Crippen LogP contribution in [0, 0.1) is 6.92 Å². The van der Waals surface area contributed by atoms with Gasteiger partial charge < -0.3 is 10.2 Å². The smallest absolute Gasteiger partial charge is 0.245 e. The van der Waals surface area contributed by atoms with Crippen LogP contribution in [0.4, 0.5) is 0 Å². The molecule has 2 heterocycles. The molecule has 2 unspecified atom stereocenters. The van der Waals surface area contributed by atoms with Gasteiger partial charge in [0.15, 0.2) is 0 Å². The number of thiazole rings is 1. The lowest BCUT2D eigenvalue weighted by atomic mass is 10.2. The van der Waals surface area contributed by atoms with Crippen molar-refractivity contribution < 1.29 is 9.59 Å². The van der Waals surface area contributed by atoms with E-state index in [0.29, 0.717) is 13.0 Å². The quantitative estimate of drug-likeness (QED) is 0.872. The Labute approximate surface area is 110 Å². The number of nitrogens with one attached hydrogen (secondary N) is 1. The normalized spacial score (nSPS) is 24.9. The van der Waals surface area contributed by atoms with Crippen molar-refractivity contribution in [3.8, 4) is 0 Å². The molecule has 1 aliphatic heterocycles. The van der Waals surface area contributed by atoms with Crippen LogP contribution in [-0.2, 0) is 16.1 Å². The van der Waals surface area contributed by atoms with E-state index >= 15 is 0 Å². The molecule has 0 spiro atoms. The van der Waals surface area contributed by atoms with Gasteiger partial charge in [-0.3, -0.25) is 9.59 Å². The Morgan fingerprint density at radius 2 is 2.22 bits per heavy atom. The number of rotatable bonds is 2. The summed E-state index contributed by atoms with van der Waals surface area (Å²) in [7, 11) is 0. The minimum Gasteiger partial charge on any atom is -0.345 e. The summed E-state index contributed by atoms with van der Waals surface area (Å²) >= 11 is 1.55. The van der Waals surface area contributed by atoms with E-state index in [1.807, 2.05) is 19.2 Å². The van der Waals surface area contributed by atoms with Crippen LogP contribution in [0.1, 0.15) is 31.0 Å². The van der Waals surface area contributed by atoms with Gasteiger partial charge in [0.2, 0.25) is 11.8 Å². The van der Waals surface area contributed by atoms with Gasteiger partial charge in [0, 0.05) is 23.5 Å². The summed E-state index contributed by atoms with van der Waals surface area (Å²) in [6, 6.07) is -0.546. The van der Waals surface area contributed by atoms with Crippen molar-refractivity contribution in [2.45, 2.75) is 45.8 Å². The summed E-state index contributed by atoms with van der Waals surface area (Å²) in [6.45, 7) is 6.04. The van der Waals surface area contributed by atoms with Gasteiger partial charge in [0.1, 0.15) is 11.0 Å². The fourth-order valence-electron chi connectivity index (χ4n) is 2.06. The number of nitrogens with zero attached hydrogens (tertiary/aromatic N) is 2. The van der Waals surface area contributed by atoms with Gasteiger partial charge in [-0.2, -0.15) is 0 Å². The third-order valence-electron chi connectivity index (χ3n) is 3.02. The first-order valence-corrected chi connectivity index (χ1v) is 6.86. The third-order valence-corrected chi connectivity index (χ3v) is 3.97. The molecule has 1 fully saturated rings. The number of carbonyl (C=O) groups is 2. The SMILES string of the molecule is Cc1csc(CN2C(=O)C(C)NC(=O)CC2C)n1. The van der Waals surface area contributed by atoms with Crippen molar-refractivity contribution in [2.75, 3.05) is 0 Å². The maximum atomic E-state index is 12.2. The van der Waals surface area contributed by atoms with Crippen LogP contribution < -0.4 is 5.32 Å². The number of carbonyl (C=O) groups excluding carboxylic acids is 2. The van der Waals surface area contributed by atoms with Gasteiger partial charge in [-0.1, -0.05) is 0 Å². The van der Waals surface area contributed by atoms with E-state index in [1.165, 1.54) is 0 Å². The maximum Gasteiger partial charge on any atom is 0.245 e. The summed E-state index contributed by atoms with van der Waals surface area (Å²) in [5, 5.41) is 5.57. The van der Waals surface area contributed by atoms with Gasteiger partial charge in [0.25, 0.3) is 0 Å². The van der Waals surface area contributed by atoms with Crippen LogP contribution in [0.5, 0.6) is 0 Å². The number of aryl methyl sites for hydroxylation is 1. The predicted octanol–water partition coefficient (Wildman–Crippen LogP) is 1.08. The molecule has 1 aromatic heterocycles. The van der Waals surface area contributed by atoms with Gasteiger partial charge in [0.05, 0.1) is 6.54 Å². The molecule has 0 aromatic carbocycles. The molecule has 98 valence electrons. The van der Waals surface area contributed by atoms with Gasteiger partial charge >= 0.3 is 0 Å². The molecule has 0 bridgehead atoms. The summed E-state index contributed by atoms with van der Waals surface area (Å²) < 4.78 is 0. The Morgan fingerprint density at radius 3 is 2.83 bits per heavy atom. The summed E-state index contributed by atoms with van der Waals surface area (Å²) in [4.78, 5) is 29.9. The van der Waals surface area contributed by atoms with E-state index in [4.69, 9.17) is 0 Å². The minimum absolute atomic E-state index is 0.0406. The average molecular weight is 267 g/mol. The zero-order valence-electron chi connectivity index (χ0n) is 10.8. The Morgan fingerprint density at radius 1 is 1.50 bits per heavy atom. The molecule has 5 nitrogen and oxygen atoms in total. The first kappa shape index (κ1) is 13.0. The van der Waals surface area contributed by atoms with Crippen LogP contribution in [0.25, 0.3) is 0 Å². The highest BCUT2D eigenvalue weighted by molar-refractivity contribution is 7.09. The average Bonchev–Trinajstić information content (AvgIpc) is 2.66. The second-order valence-electron chi connectivity index (χ2n) is 4.69. The van der Waals surface area contributed by atoms with E-state index in [2.05, 4.69) is 10.3 Å². The van der Waals surface area contributed by atoms with Crippen molar-refractivity contribution in [1.29, 1.82) is 0 Å². The first-order valence-electron chi connectivity index (χ1n) is 5.98. The summed E-state index contributed by atoms with van der Waals surface area (Å²) in [5.74, 6) is -0.109. The van der Waals surface area contributed by atoms with Crippen LogP contribution >= 0.6 is 11.3 Å². The largest absolute Gasteiger partial charge is 0.345 e. The minimum atomic E-state index is -0.455. The molecular weight excluding hydrogens is 250 g/mol. The number of amides is 2. The molecule has 1 aromatic rings.